The fourth-order valence-electron chi connectivity index (χ4n) is 2.95. The Morgan fingerprint density at radius 2 is 1.81 bits per heavy atom. The van der Waals surface area contributed by atoms with Crippen LogP contribution in [0.4, 0.5) is 37.0 Å². The molecule has 0 radical (unpaired) electrons. The maximum absolute atomic E-state index is 12.6. The van der Waals surface area contributed by atoms with E-state index >= 15 is 0 Å². The van der Waals surface area contributed by atoms with Gasteiger partial charge in [0.1, 0.15) is 12.7 Å². The van der Waals surface area contributed by atoms with Gasteiger partial charge in [-0.1, -0.05) is 0 Å². The molecule has 3 heterocycles. The first-order chi connectivity index (χ1) is 14.3. The summed E-state index contributed by atoms with van der Waals surface area (Å²) in [5.41, 5.74) is 0.569. The molecule has 0 amide bonds. The van der Waals surface area contributed by atoms with Crippen LogP contribution in [0.1, 0.15) is 6.23 Å². The molecule has 31 heavy (non-hydrogen) atoms. The van der Waals surface area contributed by atoms with Gasteiger partial charge in [-0.15, -0.1) is 0 Å². The summed E-state index contributed by atoms with van der Waals surface area (Å²) in [6.07, 6.45) is -17.9. The zero-order valence-electron chi connectivity index (χ0n) is 14.7. The first-order valence-electron chi connectivity index (χ1n) is 8.15. The first kappa shape index (κ1) is 22.6. The molecule has 4 atom stereocenters. The van der Waals surface area contributed by atoms with Gasteiger partial charge in [0.2, 0.25) is 5.92 Å². The Morgan fingerprint density at radius 3 is 2.35 bits per heavy atom. The average Bonchev–Trinajstić information content (AvgIpc) is 3.15. The summed E-state index contributed by atoms with van der Waals surface area (Å²) in [4.78, 5) is 38.3. The molecule has 2 aliphatic rings. The van der Waals surface area contributed by atoms with E-state index in [1.54, 1.807) is 5.48 Å². The molecule has 0 aromatic carbocycles. The molecule has 2 fully saturated rings. The second-order valence-corrected chi connectivity index (χ2v) is 6.24. The zero-order chi connectivity index (χ0) is 23.1. The van der Waals surface area contributed by atoms with Crippen molar-refractivity contribution in [2.45, 2.75) is 36.9 Å². The van der Waals surface area contributed by atoms with Crippen LogP contribution in [0.25, 0.3) is 0 Å². The lowest BCUT2D eigenvalue weighted by Gasteiger charge is -2.22. The number of carbonyl (C=O) groups is 2. The van der Waals surface area contributed by atoms with E-state index in [4.69, 9.17) is 19.4 Å². The maximum atomic E-state index is 12.6. The van der Waals surface area contributed by atoms with Crippen LogP contribution in [0.5, 0.6) is 0 Å². The molecule has 1 aromatic heterocycles. The molecular formula is C14H11F6N3O8. The van der Waals surface area contributed by atoms with E-state index in [1.807, 2.05) is 0 Å². The first-order valence-corrected chi connectivity index (χ1v) is 8.15. The topological polar surface area (TPSA) is 138 Å². The molecule has 172 valence electrons. The molecule has 3 rings (SSSR count). The van der Waals surface area contributed by atoms with E-state index in [-0.39, 0.29) is 5.82 Å². The van der Waals surface area contributed by atoms with Crippen LogP contribution in [0.2, 0.25) is 0 Å². The number of fused-ring (bicyclic) bond motifs is 1. The van der Waals surface area contributed by atoms with Crippen molar-refractivity contribution in [3.8, 4) is 0 Å². The quantitative estimate of drug-likeness (QED) is 0.371. The SMILES string of the molecule is O=C1O[C@@H]2[C@H](O1)[C@@H](COC(=O)C(C(F)(F)F)C(F)(F)F)O[C@H]2n1ccc(NO)nc1=O. The predicted octanol–water partition coefficient (Wildman–Crippen LogP) is 1.13. The van der Waals surface area contributed by atoms with E-state index < -0.39 is 67.2 Å². The summed E-state index contributed by atoms with van der Waals surface area (Å²) in [7, 11) is 0. The number of aromatic nitrogens is 2. The van der Waals surface area contributed by atoms with E-state index in [2.05, 4.69) is 9.72 Å². The number of esters is 1. The van der Waals surface area contributed by atoms with Crippen molar-refractivity contribution in [3.05, 3.63) is 22.7 Å². The molecule has 0 unspecified atom stereocenters. The number of carbonyl (C=O) groups excluding carboxylic acids is 2. The normalized spacial score (nSPS) is 25.7. The number of hydrogen-bond donors (Lipinski definition) is 2. The Labute approximate surface area is 166 Å². The number of nitrogens with one attached hydrogen (secondary N) is 1. The van der Waals surface area contributed by atoms with Crippen molar-refractivity contribution in [2.24, 2.45) is 5.92 Å². The summed E-state index contributed by atoms with van der Waals surface area (Å²) < 4.78 is 95.5. The number of rotatable bonds is 5. The lowest BCUT2D eigenvalue weighted by molar-refractivity contribution is -0.282. The van der Waals surface area contributed by atoms with Gasteiger partial charge >= 0.3 is 30.2 Å². The largest absolute Gasteiger partial charge is 0.509 e. The highest BCUT2D eigenvalue weighted by atomic mass is 19.4. The number of halogens is 6. The van der Waals surface area contributed by atoms with Crippen molar-refractivity contribution in [3.63, 3.8) is 0 Å². The zero-order valence-corrected chi connectivity index (χ0v) is 14.7. The molecule has 1 aromatic rings. The van der Waals surface area contributed by atoms with Crippen LogP contribution in [-0.4, -0.2) is 64.2 Å². The Morgan fingerprint density at radius 1 is 1.19 bits per heavy atom. The molecule has 0 aliphatic carbocycles. The third-order valence-corrected chi connectivity index (χ3v) is 4.25. The maximum Gasteiger partial charge on any atom is 0.509 e. The predicted molar refractivity (Wildman–Crippen MR) is 79.5 cm³/mol. The minimum absolute atomic E-state index is 0.258. The van der Waals surface area contributed by atoms with Gasteiger partial charge in [-0.2, -0.15) is 31.3 Å². The van der Waals surface area contributed by atoms with Crippen LogP contribution >= 0.6 is 0 Å². The van der Waals surface area contributed by atoms with Crippen LogP contribution in [0.3, 0.4) is 0 Å². The fourth-order valence-corrected chi connectivity index (χ4v) is 2.95. The Bertz CT molecular complexity index is 905. The molecule has 11 nitrogen and oxygen atoms in total. The molecule has 0 spiro atoms. The van der Waals surface area contributed by atoms with E-state index in [0.717, 1.165) is 16.8 Å². The number of anilines is 1. The highest BCUT2D eigenvalue weighted by Crippen LogP contribution is 2.41. The Kier molecular flexibility index (Phi) is 5.74. The van der Waals surface area contributed by atoms with Gasteiger partial charge in [-0.3, -0.25) is 20.0 Å². The van der Waals surface area contributed by atoms with Gasteiger partial charge in [-0.05, 0) is 6.07 Å². The third-order valence-electron chi connectivity index (χ3n) is 4.25. The number of ether oxygens (including phenoxy) is 4. The molecule has 0 bridgehead atoms. The van der Waals surface area contributed by atoms with Gasteiger partial charge < -0.3 is 18.9 Å². The molecule has 0 saturated carbocycles. The number of hydrogen-bond acceptors (Lipinski definition) is 10. The summed E-state index contributed by atoms with van der Waals surface area (Å²) in [6, 6.07) is 1.10. The third kappa shape index (κ3) is 4.50. The minimum atomic E-state index is -5.96. The van der Waals surface area contributed by atoms with Crippen LogP contribution < -0.4 is 11.2 Å². The van der Waals surface area contributed by atoms with Crippen molar-refractivity contribution in [1.82, 2.24) is 9.55 Å². The summed E-state index contributed by atoms with van der Waals surface area (Å²) in [6.45, 7) is -1.17. The van der Waals surface area contributed by atoms with Gasteiger partial charge in [0.15, 0.2) is 24.3 Å². The molecule has 2 aliphatic heterocycles. The lowest BCUT2D eigenvalue weighted by atomic mass is 10.1. The Balaban J connectivity index is 1.77. The number of nitrogens with zero attached hydrogens (tertiary/aromatic N) is 2. The van der Waals surface area contributed by atoms with Crippen molar-refractivity contribution < 1.29 is 60.1 Å². The fraction of sp³-hybridized carbons (Fsp3) is 0.571. The van der Waals surface area contributed by atoms with Crippen molar-refractivity contribution in [2.75, 3.05) is 12.1 Å². The monoisotopic (exact) mass is 463 g/mol. The van der Waals surface area contributed by atoms with Crippen LogP contribution in [0, 0.1) is 5.92 Å². The summed E-state index contributed by atoms with van der Waals surface area (Å²) in [5.74, 6) is -7.28. The van der Waals surface area contributed by atoms with Crippen LogP contribution in [0.15, 0.2) is 17.1 Å². The molecule has 2 N–H and O–H groups in total. The van der Waals surface area contributed by atoms with Crippen molar-refractivity contribution in [1.29, 1.82) is 0 Å². The van der Waals surface area contributed by atoms with E-state index in [0.29, 0.717) is 0 Å². The second-order valence-electron chi connectivity index (χ2n) is 6.24. The molecular weight excluding hydrogens is 452 g/mol. The smallest absolute Gasteiger partial charge is 0.462 e. The molecule has 2 saturated heterocycles. The highest BCUT2D eigenvalue weighted by Gasteiger charge is 2.63. The lowest BCUT2D eigenvalue weighted by Crippen LogP contribution is -2.44. The molecule has 17 heteroatoms. The van der Waals surface area contributed by atoms with Gasteiger partial charge in [0.25, 0.3) is 0 Å². The highest BCUT2D eigenvalue weighted by molar-refractivity contribution is 5.74. The van der Waals surface area contributed by atoms with Gasteiger partial charge in [-0.25, -0.2) is 9.59 Å². The van der Waals surface area contributed by atoms with Crippen molar-refractivity contribution >= 4 is 17.9 Å². The number of alkyl halides is 6. The van der Waals surface area contributed by atoms with Crippen LogP contribution in [-0.2, 0) is 23.7 Å². The van der Waals surface area contributed by atoms with E-state index in [1.165, 1.54) is 0 Å². The standard InChI is InChI=1S/C14H11F6N3O8/c15-13(16,17)8(14(18,19)20)10(24)28-3-4-6-7(31-12(26)30-6)9(29-4)23-2-1-5(22-27)21-11(23)25/h1-2,4,6-9,27H,3H2,(H,21,22,25)/t4-,6-,7-,9-/m1/s1. The minimum Gasteiger partial charge on any atom is -0.462 e. The van der Waals surface area contributed by atoms with E-state index in [9.17, 15) is 40.7 Å². The average molecular weight is 463 g/mol. The second kappa shape index (κ2) is 7.88. The van der Waals surface area contributed by atoms with Gasteiger partial charge in [0.05, 0.1) is 0 Å². The van der Waals surface area contributed by atoms with Gasteiger partial charge in [0, 0.05) is 6.20 Å². The Hall–Kier alpha value is -3.08. The summed E-state index contributed by atoms with van der Waals surface area (Å²) >= 11 is 0. The summed E-state index contributed by atoms with van der Waals surface area (Å²) in [5, 5.41) is 8.74.